The Labute approximate surface area is 96.2 Å². The first kappa shape index (κ1) is 13.2. The topological polar surface area (TPSA) is 90.1 Å². The molecule has 6 nitrogen and oxygen atoms in total. The second-order valence-electron chi connectivity index (χ2n) is 3.17. The van der Waals surface area contributed by atoms with Crippen LogP contribution in [0.5, 0.6) is 0 Å². The summed E-state index contributed by atoms with van der Waals surface area (Å²) in [4.78, 5) is 18.4. The van der Waals surface area contributed by atoms with Gasteiger partial charge in [0.25, 0.3) is 5.92 Å². The first-order chi connectivity index (χ1) is 7.98. The van der Waals surface area contributed by atoms with Crippen molar-refractivity contribution in [1.82, 2.24) is 9.97 Å². The van der Waals surface area contributed by atoms with Gasteiger partial charge in [0, 0.05) is 6.20 Å². The van der Waals surface area contributed by atoms with Crippen molar-refractivity contribution >= 4 is 11.8 Å². The molecule has 0 radical (unpaired) electrons. The van der Waals surface area contributed by atoms with Gasteiger partial charge in [-0.1, -0.05) is 0 Å². The van der Waals surface area contributed by atoms with Gasteiger partial charge >= 0.3 is 5.97 Å². The zero-order valence-corrected chi connectivity index (χ0v) is 9.11. The molecular formula is C9H12F2N4O2. The molecule has 1 heterocycles. The van der Waals surface area contributed by atoms with Crippen LogP contribution in [0, 0.1) is 0 Å². The van der Waals surface area contributed by atoms with Gasteiger partial charge in [0.2, 0.25) is 5.82 Å². The Morgan fingerprint density at radius 3 is 2.94 bits per heavy atom. The standard InChI is InChI=1S/C9H12F2N4O2/c1-17-8(16)7-13-3-2-6(15-7)14-5-9(10,11)4-12/h2-3H,4-5,12H2,1H3,(H,13,14,15). The van der Waals surface area contributed by atoms with Crippen molar-refractivity contribution < 1.29 is 18.3 Å². The molecule has 0 amide bonds. The molecule has 0 aromatic carbocycles. The molecule has 0 aliphatic rings. The maximum absolute atomic E-state index is 12.8. The molecule has 0 spiro atoms. The minimum atomic E-state index is -3.03. The molecule has 0 atom stereocenters. The third-order valence-electron chi connectivity index (χ3n) is 1.85. The minimum absolute atomic E-state index is 0.105. The van der Waals surface area contributed by atoms with Crippen LogP contribution in [0.3, 0.4) is 0 Å². The van der Waals surface area contributed by atoms with Crippen LogP contribution in [-0.2, 0) is 4.74 Å². The second kappa shape index (κ2) is 5.48. The normalized spacial score (nSPS) is 11.1. The molecule has 0 saturated heterocycles. The van der Waals surface area contributed by atoms with E-state index in [4.69, 9.17) is 5.73 Å². The summed E-state index contributed by atoms with van der Waals surface area (Å²) in [6, 6.07) is 1.36. The Kier molecular flexibility index (Phi) is 4.27. The number of rotatable bonds is 5. The van der Waals surface area contributed by atoms with E-state index in [1.54, 1.807) is 0 Å². The average molecular weight is 246 g/mol. The first-order valence-corrected chi connectivity index (χ1v) is 4.71. The number of halogens is 2. The van der Waals surface area contributed by atoms with Crippen molar-refractivity contribution in [3.05, 3.63) is 18.1 Å². The fourth-order valence-corrected chi connectivity index (χ4v) is 0.939. The fraction of sp³-hybridized carbons (Fsp3) is 0.444. The molecule has 0 saturated carbocycles. The van der Waals surface area contributed by atoms with Crippen LogP contribution in [0.15, 0.2) is 12.3 Å². The van der Waals surface area contributed by atoms with Gasteiger partial charge in [-0.3, -0.25) is 0 Å². The molecule has 3 N–H and O–H groups in total. The number of methoxy groups -OCH3 is 1. The minimum Gasteiger partial charge on any atom is -0.463 e. The van der Waals surface area contributed by atoms with Gasteiger partial charge in [-0.25, -0.2) is 23.5 Å². The number of anilines is 1. The smallest absolute Gasteiger partial charge is 0.376 e. The SMILES string of the molecule is COC(=O)c1nccc(NCC(F)(F)CN)n1. The molecule has 1 aromatic heterocycles. The van der Waals surface area contributed by atoms with Gasteiger partial charge in [0.05, 0.1) is 20.2 Å². The van der Waals surface area contributed by atoms with Crippen molar-refractivity contribution in [2.45, 2.75) is 5.92 Å². The molecule has 0 fully saturated rings. The van der Waals surface area contributed by atoms with E-state index in [-0.39, 0.29) is 11.6 Å². The molecule has 1 aromatic rings. The number of nitrogens with two attached hydrogens (primary N) is 1. The summed E-state index contributed by atoms with van der Waals surface area (Å²) in [5.74, 6) is -3.86. The number of alkyl halides is 2. The average Bonchev–Trinajstić information content (AvgIpc) is 2.36. The summed E-state index contributed by atoms with van der Waals surface area (Å²) in [6.07, 6.45) is 1.27. The third-order valence-corrected chi connectivity index (χ3v) is 1.85. The van der Waals surface area contributed by atoms with Crippen LogP contribution < -0.4 is 11.1 Å². The van der Waals surface area contributed by atoms with Gasteiger partial charge in [-0.15, -0.1) is 0 Å². The molecule has 0 unspecified atom stereocenters. The second-order valence-corrected chi connectivity index (χ2v) is 3.17. The van der Waals surface area contributed by atoms with Gasteiger partial charge in [0.1, 0.15) is 5.82 Å². The quantitative estimate of drug-likeness (QED) is 0.725. The van der Waals surface area contributed by atoms with Crippen molar-refractivity contribution in [3.8, 4) is 0 Å². The number of esters is 1. The Morgan fingerprint density at radius 2 is 2.35 bits per heavy atom. The molecule has 0 bridgehead atoms. The van der Waals surface area contributed by atoms with Crippen LogP contribution >= 0.6 is 0 Å². The zero-order valence-electron chi connectivity index (χ0n) is 9.11. The third kappa shape index (κ3) is 3.91. The number of aromatic nitrogens is 2. The Bertz CT molecular complexity index is 400. The van der Waals surface area contributed by atoms with Gasteiger partial charge in [0.15, 0.2) is 0 Å². The van der Waals surface area contributed by atoms with Crippen LogP contribution in [-0.4, -0.2) is 42.1 Å². The molecule has 8 heteroatoms. The summed E-state index contributed by atoms with van der Waals surface area (Å²) in [5, 5.41) is 2.37. The number of hydrogen-bond acceptors (Lipinski definition) is 6. The van der Waals surface area contributed by atoms with Gasteiger partial charge in [-0.2, -0.15) is 0 Å². The number of hydrogen-bond donors (Lipinski definition) is 2. The van der Waals surface area contributed by atoms with Crippen LogP contribution in [0.25, 0.3) is 0 Å². The van der Waals surface area contributed by atoms with Gasteiger partial charge in [-0.05, 0) is 6.07 Å². The molecule has 94 valence electrons. The van der Waals surface area contributed by atoms with Crippen molar-refractivity contribution in [1.29, 1.82) is 0 Å². The van der Waals surface area contributed by atoms with Gasteiger partial charge < -0.3 is 15.8 Å². The largest absolute Gasteiger partial charge is 0.463 e. The summed E-state index contributed by atoms with van der Waals surface area (Å²) < 4.78 is 30.1. The lowest BCUT2D eigenvalue weighted by Crippen LogP contribution is -2.35. The zero-order chi connectivity index (χ0) is 12.9. The number of ether oxygens (including phenoxy) is 1. The number of nitrogens with one attached hydrogen (secondary N) is 1. The number of carbonyl (C=O) groups excluding carboxylic acids is 1. The lowest BCUT2D eigenvalue weighted by molar-refractivity contribution is 0.0253. The highest BCUT2D eigenvalue weighted by Gasteiger charge is 2.26. The molecule has 17 heavy (non-hydrogen) atoms. The lowest BCUT2D eigenvalue weighted by atomic mass is 10.3. The van der Waals surface area contributed by atoms with E-state index in [9.17, 15) is 13.6 Å². The molecular weight excluding hydrogens is 234 g/mol. The summed E-state index contributed by atoms with van der Waals surface area (Å²) in [6.45, 7) is -1.43. The highest BCUT2D eigenvalue weighted by molar-refractivity contribution is 5.85. The van der Waals surface area contributed by atoms with E-state index >= 15 is 0 Å². The van der Waals surface area contributed by atoms with Crippen LogP contribution in [0.2, 0.25) is 0 Å². The highest BCUT2D eigenvalue weighted by atomic mass is 19.3. The van der Waals surface area contributed by atoms with Crippen molar-refractivity contribution in [3.63, 3.8) is 0 Å². The molecule has 0 aliphatic heterocycles. The van der Waals surface area contributed by atoms with E-state index in [0.29, 0.717) is 0 Å². The van der Waals surface area contributed by atoms with Crippen molar-refractivity contribution in [2.75, 3.05) is 25.5 Å². The summed E-state index contributed by atoms with van der Waals surface area (Å²) in [5.41, 5.74) is 4.87. The van der Waals surface area contributed by atoms with Crippen LogP contribution in [0.4, 0.5) is 14.6 Å². The monoisotopic (exact) mass is 246 g/mol. The lowest BCUT2D eigenvalue weighted by Gasteiger charge is -2.14. The Morgan fingerprint density at radius 1 is 1.65 bits per heavy atom. The Balaban J connectivity index is 2.70. The van der Waals surface area contributed by atoms with E-state index in [0.717, 1.165) is 0 Å². The number of nitrogens with zero attached hydrogens (tertiary/aromatic N) is 2. The predicted molar refractivity (Wildman–Crippen MR) is 55.9 cm³/mol. The van der Waals surface area contributed by atoms with E-state index in [1.165, 1.54) is 19.4 Å². The summed E-state index contributed by atoms with van der Waals surface area (Å²) >= 11 is 0. The Hall–Kier alpha value is -1.83. The van der Waals surface area contributed by atoms with Crippen LogP contribution in [0.1, 0.15) is 10.6 Å². The first-order valence-electron chi connectivity index (χ1n) is 4.71. The fourth-order valence-electron chi connectivity index (χ4n) is 0.939. The highest BCUT2D eigenvalue weighted by Crippen LogP contribution is 2.12. The maximum atomic E-state index is 12.8. The van der Waals surface area contributed by atoms with E-state index in [2.05, 4.69) is 20.0 Å². The van der Waals surface area contributed by atoms with E-state index in [1.807, 2.05) is 0 Å². The van der Waals surface area contributed by atoms with Crippen molar-refractivity contribution in [2.24, 2.45) is 5.73 Å². The molecule has 1 rings (SSSR count). The molecule has 0 aliphatic carbocycles. The predicted octanol–water partition coefficient (Wildman–Crippen LogP) is 0.269. The summed E-state index contributed by atoms with van der Waals surface area (Å²) in [7, 11) is 1.17. The van der Waals surface area contributed by atoms with E-state index < -0.39 is 25.0 Å². The maximum Gasteiger partial charge on any atom is 0.376 e. The number of carbonyl (C=O) groups is 1.